The molecule has 0 bridgehead atoms. The fourth-order valence-corrected chi connectivity index (χ4v) is 4.30. The Balaban J connectivity index is 1.30. The van der Waals surface area contributed by atoms with Crippen LogP contribution < -0.4 is 16.0 Å². The molecule has 4 rings (SSSR count). The van der Waals surface area contributed by atoms with Crippen molar-refractivity contribution >= 4 is 34.0 Å². The van der Waals surface area contributed by atoms with Gasteiger partial charge in [0.1, 0.15) is 5.01 Å². The molecule has 1 aliphatic rings. The van der Waals surface area contributed by atoms with E-state index in [0.29, 0.717) is 23.3 Å². The predicted molar refractivity (Wildman–Crippen MR) is 114 cm³/mol. The molecule has 0 spiro atoms. The number of carbonyl (C=O) groups excluding carboxylic acids is 1. The standard InChI is InChI=1S/C20H23N7OS/c1-13-3-2-4-14(11-13)12-18(28)22-16-5-6-17(24-23-16)27-9-7-15(8-10-27)19-25-26-20(21)29-19/h2-6,11,15H,7-10,12H2,1H3,(H2,21,26)(H,22,23,28). The van der Waals surface area contributed by atoms with Crippen molar-refractivity contribution in [3.8, 4) is 0 Å². The predicted octanol–water partition coefficient (Wildman–Crippen LogP) is 2.78. The molecule has 2 aromatic heterocycles. The minimum absolute atomic E-state index is 0.102. The zero-order valence-corrected chi connectivity index (χ0v) is 17.0. The monoisotopic (exact) mass is 409 g/mol. The lowest BCUT2D eigenvalue weighted by atomic mass is 9.98. The average molecular weight is 410 g/mol. The Morgan fingerprint density at radius 1 is 1.17 bits per heavy atom. The topological polar surface area (TPSA) is 110 Å². The van der Waals surface area contributed by atoms with Gasteiger partial charge in [-0.3, -0.25) is 4.79 Å². The highest BCUT2D eigenvalue weighted by molar-refractivity contribution is 7.15. The van der Waals surface area contributed by atoms with E-state index >= 15 is 0 Å². The van der Waals surface area contributed by atoms with Crippen LogP contribution in [0.1, 0.15) is 34.9 Å². The fourth-order valence-electron chi connectivity index (χ4n) is 3.52. The lowest BCUT2D eigenvalue weighted by Gasteiger charge is -2.31. The van der Waals surface area contributed by atoms with Crippen molar-refractivity contribution in [2.24, 2.45) is 0 Å². The van der Waals surface area contributed by atoms with Crippen LogP contribution in [0.15, 0.2) is 36.4 Å². The van der Waals surface area contributed by atoms with Gasteiger partial charge in [0.25, 0.3) is 0 Å². The number of anilines is 3. The number of amides is 1. The van der Waals surface area contributed by atoms with Crippen molar-refractivity contribution in [2.45, 2.75) is 32.1 Å². The van der Waals surface area contributed by atoms with Gasteiger partial charge in [0.05, 0.1) is 6.42 Å². The zero-order valence-electron chi connectivity index (χ0n) is 16.2. The molecular weight excluding hydrogens is 386 g/mol. The minimum atomic E-state index is -0.102. The van der Waals surface area contributed by atoms with E-state index in [1.807, 2.05) is 37.3 Å². The van der Waals surface area contributed by atoms with Crippen molar-refractivity contribution in [1.29, 1.82) is 0 Å². The summed E-state index contributed by atoms with van der Waals surface area (Å²) in [7, 11) is 0. The van der Waals surface area contributed by atoms with Gasteiger partial charge in [0.15, 0.2) is 11.6 Å². The molecule has 29 heavy (non-hydrogen) atoms. The van der Waals surface area contributed by atoms with E-state index in [1.54, 1.807) is 6.07 Å². The number of carbonyl (C=O) groups is 1. The smallest absolute Gasteiger partial charge is 0.229 e. The summed E-state index contributed by atoms with van der Waals surface area (Å²) in [5, 5.41) is 20.9. The van der Waals surface area contributed by atoms with Gasteiger partial charge in [0.2, 0.25) is 11.0 Å². The molecule has 150 valence electrons. The Bertz CT molecular complexity index is 981. The van der Waals surface area contributed by atoms with Gasteiger partial charge in [-0.2, -0.15) is 0 Å². The maximum Gasteiger partial charge on any atom is 0.229 e. The molecule has 1 aliphatic heterocycles. The summed E-state index contributed by atoms with van der Waals surface area (Å²) < 4.78 is 0. The number of nitrogens with two attached hydrogens (primary N) is 1. The molecule has 8 nitrogen and oxygen atoms in total. The van der Waals surface area contributed by atoms with Crippen LogP contribution in [-0.2, 0) is 11.2 Å². The molecule has 1 amide bonds. The summed E-state index contributed by atoms with van der Waals surface area (Å²) in [5.41, 5.74) is 7.80. The Morgan fingerprint density at radius 2 is 2.00 bits per heavy atom. The second-order valence-corrected chi connectivity index (χ2v) is 8.27. The maximum absolute atomic E-state index is 12.2. The van der Waals surface area contributed by atoms with Crippen LogP contribution in [0.25, 0.3) is 0 Å². The largest absolute Gasteiger partial charge is 0.374 e. The summed E-state index contributed by atoms with van der Waals surface area (Å²) in [6.07, 6.45) is 2.27. The third kappa shape index (κ3) is 4.86. The molecule has 0 unspecified atom stereocenters. The third-order valence-electron chi connectivity index (χ3n) is 4.99. The van der Waals surface area contributed by atoms with E-state index < -0.39 is 0 Å². The second-order valence-electron chi connectivity index (χ2n) is 7.23. The number of nitrogens with zero attached hydrogens (tertiary/aromatic N) is 5. The molecule has 0 atom stereocenters. The first-order valence-corrected chi connectivity index (χ1v) is 10.4. The normalized spacial score (nSPS) is 14.7. The van der Waals surface area contributed by atoms with Crippen LogP contribution in [0.5, 0.6) is 0 Å². The lowest BCUT2D eigenvalue weighted by Crippen LogP contribution is -2.33. The molecular formula is C20H23N7OS. The number of aryl methyl sites for hydroxylation is 1. The van der Waals surface area contributed by atoms with Gasteiger partial charge < -0.3 is 16.0 Å². The number of nitrogen functional groups attached to an aromatic ring is 1. The minimum Gasteiger partial charge on any atom is -0.374 e. The van der Waals surface area contributed by atoms with Gasteiger partial charge in [-0.15, -0.1) is 20.4 Å². The van der Waals surface area contributed by atoms with Gasteiger partial charge in [0, 0.05) is 19.0 Å². The Hall–Kier alpha value is -3.07. The molecule has 0 radical (unpaired) electrons. The highest BCUT2D eigenvalue weighted by Crippen LogP contribution is 2.32. The van der Waals surface area contributed by atoms with Gasteiger partial charge in [-0.25, -0.2) is 0 Å². The van der Waals surface area contributed by atoms with E-state index in [9.17, 15) is 4.79 Å². The third-order valence-corrected chi connectivity index (χ3v) is 5.90. The Morgan fingerprint density at radius 3 is 2.66 bits per heavy atom. The van der Waals surface area contributed by atoms with Gasteiger partial charge in [-0.1, -0.05) is 41.2 Å². The molecule has 3 N–H and O–H groups in total. The SMILES string of the molecule is Cc1cccc(CC(=O)Nc2ccc(N3CCC(c4nnc(N)s4)CC3)nn2)c1. The molecule has 3 heterocycles. The number of aromatic nitrogens is 4. The Labute approximate surface area is 173 Å². The molecule has 1 saturated heterocycles. The van der Waals surface area contributed by atoms with E-state index in [2.05, 4.69) is 30.6 Å². The van der Waals surface area contributed by atoms with Crippen molar-refractivity contribution in [1.82, 2.24) is 20.4 Å². The zero-order chi connectivity index (χ0) is 20.2. The number of piperidine rings is 1. The van der Waals surface area contributed by atoms with Gasteiger partial charge in [-0.05, 0) is 37.5 Å². The first-order valence-electron chi connectivity index (χ1n) is 9.60. The average Bonchev–Trinajstić information content (AvgIpc) is 3.15. The van der Waals surface area contributed by atoms with Crippen molar-refractivity contribution in [3.63, 3.8) is 0 Å². The summed E-state index contributed by atoms with van der Waals surface area (Å²) in [6, 6.07) is 11.6. The van der Waals surface area contributed by atoms with E-state index in [4.69, 9.17) is 5.73 Å². The van der Waals surface area contributed by atoms with Crippen LogP contribution in [0, 0.1) is 6.92 Å². The van der Waals surface area contributed by atoms with Crippen LogP contribution in [-0.4, -0.2) is 39.4 Å². The van der Waals surface area contributed by atoms with Crippen LogP contribution >= 0.6 is 11.3 Å². The fraction of sp³-hybridized carbons (Fsp3) is 0.350. The summed E-state index contributed by atoms with van der Waals surface area (Å²) in [6.45, 7) is 3.76. The molecule has 9 heteroatoms. The van der Waals surface area contributed by atoms with Gasteiger partial charge >= 0.3 is 0 Å². The summed E-state index contributed by atoms with van der Waals surface area (Å²) in [4.78, 5) is 14.4. The summed E-state index contributed by atoms with van der Waals surface area (Å²) >= 11 is 1.47. The number of rotatable bonds is 5. The van der Waals surface area contributed by atoms with Crippen molar-refractivity contribution < 1.29 is 4.79 Å². The first kappa shape index (κ1) is 19.3. The van der Waals surface area contributed by atoms with Crippen LogP contribution in [0.3, 0.4) is 0 Å². The summed E-state index contributed by atoms with van der Waals surface area (Å²) in [5.74, 6) is 1.58. The van der Waals surface area contributed by atoms with E-state index in [-0.39, 0.29) is 5.91 Å². The number of benzene rings is 1. The molecule has 3 aromatic rings. The van der Waals surface area contributed by atoms with Crippen LogP contribution in [0.4, 0.5) is 16.8 Å². The van der Waals surface area contributed by atoms with Crippen LogP contribution in [0.2, 0.25) is 0 Å². The second kappa shape index (κ2) is 8.52. The van der Waals surface area contributed by atoms with Crippen molar-refractivity contribution in [2.75, 3.05) is 29.0 Å². The lowest BCUT2D eigenvalue weighted by molar-refractivity contribution is -0.115. The number of nitrogens with one attached hydrogen (secondary N) is 1. The van der Waals surface area contributed by atoms with E-state index in [1.165, 1.54) is 11.3 Å². The molecule has 1 aromatic carbocycles. The highest BCUT2D eigenvalue weighted by Gasteiger charge is 2.24. The van der Waals surface area contributed by atoms with E-state index in [0.717, 1.165) is 47.9 Å². The number of hydrogen-bond acceptors (Lipinski definition) is 8. The molecule has 1 fully saturated rings. The van der Waals surface area contributed by atoms with Crippen molar-refractivity contribution in [3.05, 3.63) is 52.5 Å². The molecule has 0 saturated carbocycles. The highest BCUT2D eigenvalue weighted by atomic mass is 32.1. The Kier molecular flexibility index (Phi) is 5.66. The first-order chi connectivity index (χ1) is 14.1. The quantitative estimate of drug-likeness (QED) is 0.667. The molecule has 0 aliphatic carbocycles. The number of hydrogen-bond donors (Lipinski definition) is 2. The maximum atomic E-state index is 12.2.